The maximum atomic E-state index is 11.8. The first kappa shape index (κ1) is 15.4. The number of rotatable bonds is 6. The quantitative estimate of drug-likeness (QED) is 0.807. The van der Waals surface area contributed by atoms with Crippen LogP contribution in [-0.4, -0.2) is 24.2 Å². The van der Waals surface area contributed by atoms with Crippen molar-refractivity contribution < 1.29 is 14.6 Å². The lowest BCUT2D eigenvalue weighted by Gasteiger charge is -2.12. The highest BCUT2D eigenvalue weighted by Crippen LogP contribution is 2.16. The molecule has 0 spiro atoms. The van der Waals surface area contributed by atoms with Crippen LogP contribution in [0.1, 0.15) is 11.7 Å². The van der Waals surface area contributed by atoms with E-state index >= 15 is 0 Å². The van der Waals surface area contributed by atoms with Crippen LogP contribution in [-0.2, 0) is 4.79 Å². The monoisotopic (exact) mass is 305 g/mol. The van der Waals surface area contributed by atoms with Crippen molar-refractivity contribution in [3.63, 3.8) is 0 Å². The molecule has 1 atom stereocenters. The van der Waals surface area contributed by atoms with E-state index in [0.29, 0.717) is 29.5 Å². The minimum Gasteiger partial charge on any atom is -0.492 e. The van der Waals surface area contributed by atoms with E-state index in [9.17, 15) is 9.90 Å². The van der Waals surface area contributed by atoms with Crippen LogP contribution in [0, 0.1) is 0 Å². The predicted molar refractivity (Wildman–Crippen MR) is 81.4 cm³/mol. The second-order valence-electron chi connectivity index (χ2n) is 4.41. The molecule has 0 aliphatic carbocycles. The van der Waals surface area contributed by atoms with Gasteiger partial charge in [-0.2, -0.15) is 0 Å². The average Bonchev–Trinajstić information content (AvgIpc) is 2.51. The van der Waals surface area contributed by atoms with Gasteiger partial charge in [0, 0.05) is 5.02 Å². The largest absolute Gasteiger partial charge is 0.492 e. The zero-order valence-electron chi connectivity index (χ0n) is 11.3. The molecule has 0 aliphatic rings. The van der Waals surface area contributed by atoms with E-state index in [1.54, 1.807) is 48.5 Å². The third-order valence-electron chi connectivity index (χ3n) is 2.83. The summed E-state index contributed by atoms with van der Waals surface area (Å²) in [5.41, 5.74) is 0.561. The summed E-state index contributed by atoms with van der Waals surface area (Å²) >= 11 is 5.83. The average molecular weight is 306 g/mol. The van der Waals surface area contributed by atoms with Crippen LogP contribution in [0.25, 0.3) is 0 Å². The number of carbonyl (C=O) groups excluding carboxylic acids is 1. The summed E-state index contributed by atoms with van der Waals surface area (Å²) in [5.74, 6) is 0.191. The Bertz CT molecular complexity index is 589. The van der Waals surface area contributed by atoms with E-state index in [1.807, 2.05) is 6.07 Å². The molecule has 2 aromatic carbocycles. The number of carbonyl (C=O) groups is 1. The first-order chi connectivity index (χ1) is 10.2. The molecule has 2 aromatic rings. The number of amides is 1. The van der Waals surface area contributed by atoms with E-state index < -0.39 is 12.0 Å². The Morgan fingerprint density at radius 2 is 1.95 bits per heavy atom. The van der Waals surface area contributed by atoms with Gasteiger partial charge in [0.05, 0.1) is 6.54 Å². The van der Waals surface area contributed by atoms with E-state index in [4.69, 9.17) is 16.3 Å². The lowest BCUT2D eigenvalue weighted by atomic mass is 10.1. The molecule has 0 aromatic heterocycles. The van der Waals surface area contributed by atoms with Crippen molar-refractivity contribution in [1.82, 2.24) is 5.32 Å². The molecule has 1 unspecified atom stereocenters. The van der Waals surface area contributed by atoms with Gasteiger partial charge >= 0.3 is 0 Å². The van der Waals surface area contributed by atoms with Gasteiger partial charge in [-0.05, 0) is 23.8 Å². The summed E-state index contributed by atoms with van der Waals surface area (Å²) in [5, 5.41) is 13.1. The molecule has 5 heteroatoms. The summed E-state index contributed by atoms with van der Waals surface area (Å²) in [4.78, 5) is 11.8. The molecular weight excluding hydrogens is 290 g/mol. The maximum absolute atomic E-state index is 11.8. The fourth-order valence-electron chi connectivity index (χ4n) is 1.78. The third kappa shape index (κ3) is 4.77. The lowest BCUT2D eigenvalue weighted by molar-refractivity contribution is -0.129. The van der Waals surface area contributed by atoms with Gasteiger partial charge in [0.1, 0.15) is 12.4 Å². The summed E-state index contributed by atoms with van der Waals surface area (Å²) in [6.07, 6.45) is -1.17. The van der Waals surface area contributed by atoms with Gasteiger partial charge in [-0.15, -0.1) is 0 Å². The molecule has 0 saturated carbocycles. The molecule has 0 radical (unpaired) electrons. The molecule has 0 heterocycles. The summed E-state index contributed by atoms with van der Waals surface area (Å²) in [6, 6.07) is 15.8. The van der Waals surface area contributed by atoms with Crippen molar-refractivity contribution in [3.8, 4) is 5.75 Å². The summed E-state index contributed by atoms with van der Waals surface area (Å²) in [7, 11) is 0. The molecule has 2 N–H and O–H groups in total. The van der Waals surface area contributed by atoms with Crippen LogP contribution in [0.4, 0.5) is 0 Å². The molecule has 0 fully saturated rings. The van der Waals surface area contributed by atoms with Crippen LogP contribution in [0.15, 0.2) is 54.6 Å². The smallest absolute Gasteiger partial charge is 0.253 e. The number of hydrogen-bond donors (Lipinski definition) is 2. The van der Waals surface area contributed by atoms with Gasteiger partial charge in [-0.1, -0.05) is 48.0 Å². The Labute approximate surface area is 128 Å². The Kier molecular flexibility index (Phi) is 5.60. The first-order valence-corrected chi connectivity index (χ1v) is 6.94. The molecule has 0 bridgehead atoms. The molecule has 1 amide bonds. The van der Waals surface area contributed by atoms with Crippen molar-refractivity contribution in [2.24, 2.45) is 0 Å². The van der Waals surface area contributed by atoms with Crippen LogP contribution in [0.2, 0.25) is 5.02 Å². The van der Waals surface area contributed by atoms with E-state index in [0.717, 1.165) is 0 Å². The van der Waals surface area contributed by atoms with Crippen molar-refractivity contribution in [3.05, 3.63) is 65.2 Å². The number of hydrogen-bond acceptors (Lipinski definition) is 3. The Balaban J connectivity index is 1.74. The summed E-state index contributed by atoms with van der Waals surface area (Å²) < 4.78 is 5.44. The van der Waals surface area contributed by atoms with Gasteiger partial charge in [0.2, 0.25) is 0 Å². The number of benzene rings is 2. The maximum Gasteiger partial charge on any atom is 0.253 e. The zero-order valence-corrected chi connectivity index (χ0v) is 12.1. The normalized spacial score (nSPS) is 11.7. The molecule has 21 heavy (non-hydrogen) atoms. The number of ether oxygens (including phenoxy) is 1. The highest BCUT2D eigenvalue weighted by Gasteiger charge is 2.15. The molecule has 0 aliphatic heterocycles. The first-order valence-electron chi connectivity index (χ1n) is 6.56. The molecule has 2 rings (SSSR count). The Hall–Kier alpha value is -2.04. The highest BCUT2D eigenvalue weighted by molar-refractivity contribution is 6.30. The second-order valence-corrected chi connectivity index (χ2v) is 4.85. The van der Waals surface area contributed by atoms with Crippen molar-refractivity contribution >= 4 is 17.5 Å². The van der Waals surface area contributed by atoms with E-state index in [-0.39, 0.29) is 0 Å². The molecular formula is C16H16ClNO3. The van der Waals surface area contributed by atoms with Crippen LogP contribution >= 0.6 is 11.6 Å². The minimum absolute atomic E-state index is 0.299. The van der Waals surface area contributed by atoms with Gasteiger partial charge in [0.15, 0.2) is 6.10 Å². The van der Waals surface area contributed by atoms with Crippen LogP contribution in [0.3, 0.4) is 0 Å². The van der Waals surface area contributed by atoms with Crippen LogP contribution < -0.4 is 10.1 Å². The van der Waals surface area contributed by atoms with E-state index in [1.165, 1.54) is 0 Å². The lowest BCUT2D eigenvalue weighted by Crippen LogP contribution is -2.32. The predicted octanol–water partition coefficient (Wildman–Crippen LogP) is 2.57. The number of aliphatic hydroxyl groups is 1. The topological polar surface area (TPSA) is 58.6 Å². The minimum atomic E-state index is -1.17. The molecule has 110 valence electrons. The van der Waals surface area contributed by atoms with Crippen molar-refractivity contribution in [1.29, 1.82) is 0 Å². The van der Waals surface area contributed by atoms with Crippen molar-refractivity contribution in [2.45, 2.75) is 6.10 Å². The van der Waals surface area contributed by atoms with E-state index in [2.05, 4.69) is 5.32 Å². The van der Waals surface area contributed by atoms with Gasteiger partial charge < -0.3 is 15.2 Å². The number of nitrogens with one attached hydrogen (secondary N) is 1. The summed E-state index contributed by atoms with van der Waals surface area (Å²) in [6.45, 7) is 0.600. The third-order valence-corrected chi connectivity index (χ3v) is 3.06. The van der Waals surface area contributed by atoms with Gasteiger partial charge in [-0.25, -0.2) is 0 Å². The number of aliphatic hydroxyl groups excluding tert-OH is 1. The number of halogens is 1. The fourth-order valence-corrected chi connectivity index (χ4v) is 1.96. The van der Waals surface area contributed by atoms with Crippen molar-refractivity contribution in [2.75, 3.05) is 13.2 Å². The second kappa shape index (κ2) is 7.67. The molecule has 0 saturated heterocycles. The van der Waals surface area contributed by atoms with Crippen LogP contribution in [0.5, 0.6) is 5.75 Å². The highest BCUT2D eigenvalue weighted by atomic mass is 35.5. The van der Waals surface area contributed by atoms with Gasteiger partial charge in [0.25, 0.3) is 5.91 Å². The molecule has 4 nitrogen and oxygen atoms in total. The SMILES string of the molecule is O=C(NCCOc1cccc(Cl)c1)C(O)c1ccccc1. The Morgan fingerprint density at radius 1 is 1.19 bits per heavy atom. The zero-order chi connectivity index (χ0) is 15.1. The fraction of sp³-hybridized carbons (Fsp3) is 0.188. The Morgan fingerprint density at radius 3 is 2.67 bits per heavy atom. The van der Waals surface area contributed by atoms with Gasteiger partial charge in [-0.3, -0.25) is 4.79 Å². The standard InChI is InChI=1S/C16H16ClNO3/c17-13-7-4-8-14(11-13)21-10-9-18-16(20)15(19)12-5-2-1-3-6-12/h1-8,11,15,19H,9-10H2,(H,18,20).